The zero-order valence-corrected chi connectivity index (χ0v) is 13.6. The Balaban J connectivity index is 2.40. The van der Waals surface area contributed by atoms with E-state index in [1.807, 2.05) is 26.8 Å². The van der Waals surface area contributed by atoms with Crippen molar-refractivity contribution in [2.45, 2.75) is 46.5 Å². The fraction of sp³-hybridized carbons (Fsp3) is 0.526. The van der Waals surface area contributed by atoms with Crippen molar-refractivity contribution >= 4 is 17.3 Å². The molecule has 0 aliphatic heterocycles. The van der Waals surface area contributed by atoms with Gasteiger partial charge in [-0.25, -0.2) is 0 Å². The molecule has 3 atom stereocenters. The number of hydrogen-bond acceptors (Lipinski definition) is 3. The molecular formula is C19H24O3. The minimum Gasteiger partial charge on any atom is -0.294 e. The van der Waals surface area contributed by atoms with Crippen molar-refractivity contribution in [2.75, 3.05) is 0 Å². The first-order valence-electron chi connectivity index (χ1n) is 8.02. The maximum absolute atomic E-state index is 12.5. The molecule has 0 radical (unpaired) electrons. The second-order valence-electron chi connectivity index (χ2n) is 6.57. The zero-order chi connectivity index (χ0) is 16.4. The third-order valence-electron chi connectivity index (χ3n) is 4.75. The molecule has 0 amide bonds. The van der Waals surface area contributed by atoms with E-state index in [0.29, 0.717) is 12.0 Å². The molecule has 0 spiro atoms. The van der Waals surface area contributed by atoms with Crippen LogP contribution in [0.2, 0.25) is 0 Å². The molecule has 22 heavy (non-hydrogen) atoms. The molecule has 0 saturated carbocycles. The molecule has 0 aromatic carbocycles. The Bertz CT molecular complexity index is 592. The molecule has 0 bridgehead atoms. The Morgan fingerprint density at radius 3 is 2.59 bits per heavy atom. The summed E-state index contributed by atoms with van der Waals surface area (Å²) in [7, 11) is 0. The molecular weight excluding hydrogens is 276 g/mol. The van der Waals surface area contributed by atoms with Gasteiger partial charge in [0.15, 0.2) is 5.78 Å². The van der Waals surface area contributed by atoms with Crippen LogP contribution in [0.1, 0.15) is 46.5 Å². The SMILES string of the molecule is C=C(C)[C@@H]1CCC(C)=C[C@H]1C1C(=O)C=C(CCC)C(=O)C1=O. The van der Waals surface area contributed by atoms with Crippen LogP contribution in [-0.4, -0.2) is 17.3 Å². The van der Waals surface area contributed by atoms with Crippen molar-refractivity contribution in [3.05, 3.63) is 35.5 Å². The summed E-state index contributed by atoms with van der Waals surface area (Å²) in [4.78, 5) is 37.3. The average molecular weight is 300 g/mol. The van der Waals surface area contributed by atoms with Crippen molar-refractivity contribution in [1.82, 2.24) is 0 Å². The molecule has 118 valence electrons. The van der Waals surface area contributed by atoms with E-state index in [9.17, 15) is 14.4 Å². The molecule has 3 nitrogen and oxygen atoms in total. The van der Waals surface area contributed by atoms with E-state index in [0.717, 1.165) is 24.8 Å². The molecule has 0 aromatic heterocycles. The van der Waals surface area contributed by atoms with E-state index in [1.165, 1.54) is 11.6 Å². The van der Waals surface area contributed by atoms with Crippen LogP contribution in [0.15, 0.2) is 35.5 Å². The molecule has 0 saturated heterocycles. The van der Waals surface area contributed by atoms with E-state index in [2.05, 4.69) is 6.58 Å². The van der Waals surface area contributed by atoms with Gasteiger partial charge in [0, 0.05) is 11.5 Å². The van der Waals surface area contributed by atoms with Crippen molar-refractivity contribution in [1.29, 1.82) is 0 Å². The van der Waals surface area contributed by atoms with Gasteiger partial charge in [0.1, 0.15) is 0 Å². The van der Waals surface area contributed by atoms with Crippen LogP contribution in [0.4, 0.5) is 0 Å². The van der Waals surface area contributed by atoms with Gasteiger partial charge in [-0.15, -0.1) is 0 Å². The second-order valence-corrected chi connectivity index (χ2v) is 6.57. The summed E-state index contributed by atoms with van der Waals surface area (Å²) >= 11 is 0. The predicted molar refractivity (Wildman–Crippen MR) is 86.3 cm³/mol. The van der Waals surface area contributed by atoms with Crippen molar-refractivity contribution < 1.29 is 14.4 Å². The van der Waals surface area contributed by atoms with Gasteiger partial charge in [0.25, 0.3) is 0 Å². The lowest BCUT2D eigenvalue weighted by Gasteiger charge is -2.35. The van der Waals surface area contributed by atoms with Gasteiger partial charge in [-0.1, -0.05) is 37.1 Å². The molecule has 2 rings (SSSR count). The van der Waals surface area contributed by atoms with E-state index < -0.39 is 17.5 Å². The van der Waals surface area contributed by atoms with Crippen LogP contribution in [-0.2, 0) is 14.4 Å². The normalized spacial score (nSPS) is 29.2. The Hall–Kier alpha value is -1.77. The third kappa shape index (κ3) is 3.03. The number of carbonyl (C=O) groups is 3. The highest BCUT2D eigenvalue weighted by atomic mass is 16.2. The van der Waals surface area contributed by atoms with Gasteiger partial charge >= 0.3 is 0 Å². The van der Waals surface area contributed by atoms with Gasteiger partial charge in [-0.3, -0.25) is 14.4 Å². The first-order valence-corrected chi connectivity index (χ1v) is 8.02. The summed E-state index contributed by atoms with van der Waals surface area (Å²) in [5.74, 6) is -2.20. The molecule has 0 N–H and O–H groups in total. The van der Waals surface area contributed by atoms with Crippen LogP contribution in [0.3, 0.4) is 0 Å². The Kier molecular flexibility index (Phi) is 4.94. The van der Waals surface area contributed by atoms with Crippen molar-refractivity contribution in [2.24, 2.45) is 17.8 Å². The lowest BCUT2D eigenvalue weighted by Crippen LogP contribution is -2.42. The Morgan fingerprint density at radius 1 is 1.32 bits per heavy atom. The summed E-state index contributed by atoms with van der Waals surface area (Å²) in [5, 5.41) is 0. The summed E-state index contributed by atoms with van der Waals surface area (Å²) in [6, 6.07) is 0. The first-order chi connectivity index (χ1) is 10.4. The molecule has 0 fully saturated rings. The summed E-state index contributed by atoms with van der Waals surface area (Å²) < 4.78 is 0. The van der Waals surface area contributed by atoms with Gasteiger partial charge < -0.3 is 0 Å². The van der Waals surface area contributed by atoms with E-state index in [-0.39, 0.29) is 17.6 Å². The standard InChI is InChI=1S/C19H24O3/c1-5-6-13-10-16(20)17(19(22)18(13)21)15-9-12(4)7-8-14(15)11(2)3/h9-10,14-15,17H,2,5-8H2,1,3-4H3/t14-,15+,17?/m0/s1. The topological polar surface area (TPSA) is 51.2 Å². The third-order valence-corrected chi connectivity index (χ3v) is 4.75. The number of allylic oxidation sites excluding steroid dienone is 5. The number of Topliss-reactive ketones (excluding diaryl/α,β-unsaturated/α-hetero) is 2. The molecule has 2 aliphatic rings. The number of carbonyl (C=O) groups excluding carboxylic acids is 3. The molecule has 0 heterocycles. The number of hydrogen-bond donors (Lipinski definition) is 0. The fourth-order valence-electron chi connectivity index (χ4n) is 3.58. The van der Waals surface area contributed by atoms with Crippen LogP contribution < -0.4 is 0 Å². The Labute approximate surface area is 132 Å². The van der Waals surface area contributed by atoms with Gasteiger partial charge in [0.2, 0.25) is 11.6 Å². The maximum atomic E-state index is 12.5. The summed E-state index contributed by atoms with van der Waals surface area (Å²) in [6.45, 7) is 9.89. The molecule has 3 heteroatoms. The van der Waals surface area contributed by atoms with Gasteiger partial charge in [0.05, 0.1) is 5.92 Å². The maximum Gasteiger partial charge on any atom is 0.225 e. The summed E-state index contributed by atoms with van der Waals surface area (Å²) in [6.07, 6.45) is 6.50. The minimum absolute atomic E-state index is 0.0931. The van der Waals surface area contributed by atoms with Crippen LogP contribution in [0.5, 0.6) is 0 Å². The highest BCUT2D eigenvalue weighted by Crippen LogP contribution is 2.40. The second kappa shape index (κ2) is 6.55. The monoisotopic (exact) mass is 300 g/mol. The molecule has 0 aromatic rings. The Morgan fingerprint density at radius 2 is 2.00 bits per heavy atom. The van der Waals surface area contributed by atoms with Gasteiger partial charge in [-0.2, -0.15) is 0 Å². The van der Waals surface area contributed by atoms with Crippen molar-refractivity contribution in [3.8, 4) is 0 Å². The van der Waals surface area contributed by atoms with Crippen LogP contribution in [0.25, 0.3) is 0 Å². The smallest absolute Gasteiger partial charge is 0.225 e. The fourth-order valence-corrected chi connectivity index (χ4v) is 3.58. The van der Waals surface area contributed by atoms with E-state index in [1.54, 1.807) is 0 Å². The minimum atomic E-state index is -0.856. The molecule has 2 aliphatic carbocycles. The van der Waals surface area contributed by atoms with Gasteiger partial charge in [-0.05, 0) is 45.1 Å². The lowest BCUT2D eigenvalue weighted by molar-refractivity contribution is -0.142. The quantitative estimate of drug-likeness (QED) is 0.453. The van der Waals surface area contributed by atoms with Crippen LogP contribution >= 0.6 is 0 Å². The first kappa shape index (κ1) is 16.6. The number of ketones is 3. The van der Waals surface area contributed by atoms with Crippen LogP contribution in [0, 0.1) is 17.8 Å². The number of rotatable bonds is 4. The average Bonchev–Trinajstić information content (AvgIpc) is 2.44. The molecule has 1 unspecified atom stereocenters. The van der Waals surface area contributed by atoms with Crippen molar-refractivity contribution in [3.63, 3.8) is 0 Å². The highest BCUT2D eigenvalue weighted by molar-refractivity contribution is 6.50. The zero-order valence-electron chi connectivity index (χ0n) is 13.6. The largest absolute Gasteiger partial charge is 0.294 e. The highest BCUT2D eigenvalue weighted by Gasteiger charge is 2.44. The predicted octanol–water partition coefficient (Wildman–Crippen LogP) is 3.60. The van der Waals surface area contributed by atoms with E-state index >= 15 is 0 Å². The lowest BCUT2D eigenvalue weighted by atomic mass is 9.67. The summed E-state index contributed by atoms with van der Waals surface area (Å²) in [5.41, 5.74) is 2.53. The van der Waals surface area contributed by atoms with E-state index in [4.69, 9.17) is 0 Å².